The minimum absolute atomic E-state index is 0.0402. The standard InChI is InChI=1S/C16H12O5/c1-20-14-7-9(17)5-6-10(14)12-8-21-16-11(15(12)19)3-2-4-13(16)18/h2-8,17-18H,1H3. The molecular weight excluding hydrogens is 272 g/mol. The van der Waals surface area contributed by atoms with Crippen LogP contribution in [0, 0.1) is 0 Å². The molecule has 0 radical (unpaired) electrons. The van der Waals surface area contributed by atoms with Gasteiger partial charge in [-0.2, -0.15) is 0 Å². The number of aromatic hydroxyl groups is 2. The summed E-state index contributed by atoms with van der Waals surface area (Å²) in [4.78, 5) is 12.5. The van der Waals surface area contributed by atoms with Crippen molar-refractivity contribution < 1.29 is 19.4 Å². The monoisotopic (exact) mass is 284 g/mol. The lowest BCUT2D eigenvalue weighted by Gasteiger charge is -2.09. The van der Waals surface area contributed by atoms with Crippen LogP contribution in [0.2, 0.25) is 0 Å². The maximum Gasteiger partial charge on any atom is 0.200 e. The molecule has 0 aliphatic rings. The predicted octanol–water partition coefficient (Wildman–Crippen LogP) is 2.88. The number of hydrogen-bond acceptors (Lipinski definition) is 5. The highest BCUT2D eigenvalue weighted by Crippen LogP contribution is 2.33. The van der Waals surface area contributed by atoms with E-state index in [1.165, 1.54) is 31.6 Å². The molecule has 0 atom stereocenters. The fourth-order valence-electron chi connectivity index (χ4n) is 2.23. The highest BCUT2D eigenvalue weighted by Gasteiger charge is 2.15. The van der Waals surface area contributed by atoms with E-state index in [0.717, 1.165) is 0 Å². The number of benzene rings is 2. The molecule has 2 N–H and O–H groups in total. The zero-order valence-corrected chi connectivity index (χ0v) is 11.2. The fourth-order valence-corrected chi connectivity index (χ4v) is 2.23. The second kappa shape index (κ2) is 4.86. The zero-order valence-electron chi connectivity index (χ0n) is 11.2. The first kappa shape index (κ1) is 13.1. The highest BCUT2D eigenvalue weighted by molar-refractivity contribution is 5.86. The Morgan fingerprint density at radius 2 is 1.90 bits per heavy atom. The van der Waals surface area contributed by atoms with Crippen LogP contribution in [-0.4, -0.2) is 17.3 Å². The van der Waals surface area contributed by atoms with Crippen molar-refractivity contribution in [3.8, 4) is 28.4 Å². The summed E-state index contributed by atoms with van der Waals surface area (Å²) in [6.07, 6.45) is 1.28. The molecule has 0 aliphatic carbocycles. The van der Waals surface area contributed by atoms with E-state index in [9.17, 15) is 15.0 Å². The molecule has 0 saturated carbocycles. The summed E-state index contributed by atoms with van der Waals surface area (Å²) < 4.78 is 10.6. The topological polar surface area (TPSA) is 79.9 Å². The predicted molar refractivity (Wildman–Crippen MR) is 77.8 cm³/mol. The summed E-state index contributed by atoms with van der Waals surface area (Å²) in [5.41, 5.74) is 0.666. The van der Waals surface area contributed by atoms with Crippen molar-refractivity contribution in [3.05, 3.63) is 52.9 Å². The number of para-hydroxylation sites is 1. The Kier molecular flexibility index (Phi) is 3.02. The van der Waals surface area contributed by atoms with Crippen molar-refractivity contribution in [2.24, 2.45) is 0 Å². The average Bonchev–Trinajstić information content (AvgIpc) is 2.49. The molecule has 3 aromatic rings. The third-order valence-corrected chi connectivity index (χ3v) is 3.25. The summed E-state index contributed by atoms with van der Waals surface area (Å²) in [6.45, 7) is 0. The third kappa shape index (κ3) is 2.08. The molecule has 0 fully saturated rings. The minimum atomic E-state index is -0.281. The first-order chi connectivity index (χ1) is 10.1. The quantitative estimate of drug-likeness (QED) is 0.756. The van der Waals surface area contributed by atoms with Crippen LogP contribution in [0.3, 0.4) is 0 Å². The molecule has 1 heterocycles. The van der Waals surface area contributed by atoms with Crippen LogP contribution in [0.25, 0.3) is 22.1 Å². The average molecular weight is 284 g/mol. The SMILES string of the molecule is COc1cc(O)ccc1-c1coc2c(O)cccc2c1=O. The number of rotatable bonds is 2. The second-order valence-corrected chi connectivity index (χ2v) is 4.52. The van der Waals surface area contributed by atoms with Gasteiger partial charge in [0.05, 0.1) is 18.1 Å². The number of methoxy groups -OCH3 is 1. The lowest BCUT2D eigenvalue weighted by atomic mass is 10.0. The lowest BCUT2D eigenvalue weighted by Crippen LogP contribution is -2.05. The normalized spacial score (nSPS) is 10.7. The van der Waals surface area contributed by atoms with Crippen molar-refractivity contribution in [2.75, 3.05) is 7.11 Å². The summed E-state index contributed by atoms with van der Waals surface area (Å²) in [7, 11) is 1.45. The fraction of sp³-hybridized carbons (Fsp3) is 0.0625. The van der Waals surface area contributed by atoms with Crippen LogP contribution in [0.1, 0.15) is 0 Å². The molecule has 0 spiro atoms. The van der Waals surface area contributed by atoms with Gasteiger partial charge in [-0.3, -0.25) is 4.79 Å². The third-order valence-electron chi connectivity index (χ3n) is 3.25. The molecule has 0 saturated heterocycles. The molecule has 5 heteroatoms. The van der Waals surface area contributed by atoms with Crippen molar-refractivity contribution in [1.82, 2.24) is 0 Å². The van der Waals surface area contributed by atoms with Crippen LogP contribution >= 0.6 is 0 Å². The van der Waals surface area contributed by atoms with Gasteiger partial charge in [0.1, 0.15) is 17.8 Å². The van der Waals surface area contributed by atoms with Gasteiger partial charge in [0.2, 0.25) is 5.43 Å². The van der Waals surface area contributed by atoms with Gasteiger partial charge in [-0.15, -0.1) is 0 Å². The summed E-state index contributed by atoms with van der Waals surface area (Å²) >= 11 is 0. The molecular formula is C16H12O5. The van der Waals surface area contributed by atoms with Crippen molar-refractivity contribution in [1.29, 1.82) is 0 Å². The Bertz CT molecular complexity index is 879. The summed E-state index contributed by atoms with van der Waals surface area (Å²) in [6, 6.07) is 9.07. The van der Waals surface area contributed by atoms with E-state index in [1.54, 1.807) is 18.2 Å². The van der Waals surface area contributed by atoms with Gasteiger partial charge < -0.3 is 19.4 Å². The van der Waals surface area contributed by atoms with Gasteiger partial charge in [0.15, 0.2) is 11.3 Å². The molecule has 0 unspecified atom stereocenters. The molecule has 2 aromatic carbocycles. The molecule has 0 bridgehead atoms. The lowest BCUT2D eigenvalue weighted by molar-refractivity contribution is 0.409. The van der Waals surface area contributed by atoms with Gasteiger partial charge >= 0.3 is 0 Å². The Morgan fingerprint density at radius 3 is 2.67 bits per heavy atom. The summed E-state index contributed by atoms with van der Waals surface area (Å²) in [5.74, 6) is 0.314. The van der Waals surface area contributed by atoms with Gasteiger partial charge in [-0.05, 0) is 24.3 Å². The Balaban J connectivity index is 2.32. The van der Waals surface area contributed by atoms with Crippen LogP contribution in [0.15, 0.2) is 51.9 Å². The minimum Gasteiger partial charge on any atom is -0.508 e. The molecule has 3 rings (SSSR count). The smallest absolute Gasteiger partial charge is 0.200 e. The van der Waals surface area contributed by atoms with Crippen LogP contribution in [0.5, 0.6) is 17.2 Å². The van der Waals surface area contributed by atoms with E-state index < -0.39 is 0 Å². The summed E-state index contributed by atoms with van der Waals surface area (Å²) in [5, 5.41) is 19.5. The Hall–Kier alpha value is -2.95. The molecule has 21 heavy (non-hydrogen) atoms. The molecule has 5 nitrogen and oxygen atoms in total. The first-order valence-corrected chi connectivity index (χ1v) is 6.22. The number of hydrogen-bond donors (Lipinski definition) is 2. The number of fused-ring (bicyclic) bond motifs is 1. The van der Waals surface area contributed by atoms with Gasteiger partial charge in [-0.1, -0.05) is 6.07 Å². The zero-order chi connectivity index (χ0) is 15.0. The maximum atomic E-state index is 12.5. The van der Waals surface area contributed by atoms with Gasteiger partial charge in [-0.25, -0.2) is 0 Å². The highest BCUT2D eigenvalue weighted by atomic mass is 16.5. The molecule has 0 aliphatic heterocycles. The van der Waals surface area contributed by atoms with Crippen molar-refractivity contribution >= 4 is 11.0 Å². The van der Waals surface area contributed by atoms with Gasteiger partial charge in [0.25, 0.3) is 0 Å². The number of ether oxygens (including phenoxy) is 1. The molecule has 0 amide bonds. The molecule has 106 valence electrons. The largest absolute Gasteiger partial charge is 0.508 e. The van der Waals surface area contributed by atoms with E-state index in [4.69, 9.17) is 9.15 Å². The number of phenolic OH excluding ortho intramolecular Hbond substituents is 2. The van der Waals surface area contributed by atoms with Crippen LogP contribution in [0.4, 0.5) is 0 Å². The van der Waals surface area contributed by atoms with E-state index in [0.29, 0.717) is 16.9 Å². The van der Waals surface area contributed by atoms with Crippen LogP contribution in [-0.2, 0) is 0 Å². The number of phenols is 2. The van der Waals surface area contributed by atoms with Crippen molar-refractivity contribution in [3.63, 3.8) is 0 Å². The van der Waals surface area contributed by atoms with Gasteiger partial charge in [0, 0.05) is 11.6 Å². The maximum absolute atomic E-state index is 12.5. The van der Waals surface area contributed by atoms with Crippen LogP contribution < -0.4 is 10.2 Å². The van der Waals surface area contributed by atoms with E-state index >= 15 is 0 Å². The van der Waals surface area contributed by atoms with E-state index in [1.807, 2.05) is 0 Å². The Morgan fingerprint density at radius 1 is 1.10 bits per heavy atom. The second-order valence-electron chi connectivity index (χ2n) is 4.52. The first-order valence-electron chi connectivity index (χ1n) is 6.22. The molecule has 1 aromatic heterocycles. The van der Waals surface area contributed by atoms with Crippen molar-refractivity contribution in [2.45, 2.75) is 0 Å². The van der Waals surface area contributed by atoms with E-state index in [2.05, 4.69) is 0 Å². The van der Waals surface area contributed by atoms with E-state index in [-0.39, 0.29) is 27.9 Å². The Labute approximate surface area is 119 Å².